The Morgan fingerprint density at radius 3 is 1.79 bits per heavy atom. The number of imidazole rings is 2. The molecular weight excluding hydrogens is 558 g/mol. The van der Waals surface area contributed by atoms with Gasteiger partial charge in [0.1, 0.15) is 56.7 Å². The fraction of sp³-hybridized carbons (Fsp3) is 0.346. The molecular formula is C26H31Br2N5O. The lowest BCUT2D eigenvalue weighted by Crippen LogP contribution is -3.00. The normalized spacial score (nSPS) is 12.9. The van der Waals surface area contributed by atoms with Crippen LogP contribution in [0.15, 0.2) is 67.8 Å². The number of hydrogen-bond acceptors (Lipinski definition) is 2. The number of methoxy groups -OCH3 is 1. The minimum Gasteiger partial charge on any atom is -1.00 e. The van der Waals surface area contributed by atoms with Gasteiger partial charge in [0.25, 0.3) is 0 Å². The summed E-state index contributed by atoms with van der Waals surface area (Å²) in [6.45, 7) is 9.80. The van der Waals surface area contributed by atoms with Crippen LogP contribution in [0.4, 0.5) is 0 Å². The van der Waals surface area contributed by atoms with Gasteiger partial charge in [-0.3, -0.25) is 0 Å². The van der Waals surface area contributed by atoms with Crippen LogP contribution in [0.1, 0.15) is 48.8 Å². The Kier molecular flexibility index (Phi) is 8.03. The van der Waals surface area contributed by atoms with Gasteiger partial charge in [0, 0.05) is 11.1 Å². The second-order valence-corrected chi connectivity index (χ2v) is 9.71. The molecule has 0 unspecified atom stereocenters. The number of pyridine rings is 1. The first-order valence-corrected chi connectivity index (χ1v) is 11.1. The molecule has 0 amide bonds. The lowest BCUT2D eigenvalue weighted by Gasteiger charge is -2.23. The number of ether oxygens (including phenoxy) is 1. The Labute approximate surface area is 222 Å². The van der Waals surface area contributed by atoms with Crippen molar-refractivity contribution in [2.24, 2.45) is 0 Å². The monoisotopic (exact) mass is 587 g/mol. The third-order valence-electron chi connectivity index (χ3n) is 6.06. The van der Waals surface area contributed by atoms with E-state index in [0.29, 0.717) is 0 Å². The minimum absolute atomic E-state index is 0. The van der Waals surface area contributed by atoms with E-state index in [4.69, 9.17) is 9.72 Å². The van der Waals surface area contributed by atoms with Gasteiger partial charge in [0.15, 0.2) is 0 Å². The highest BCUT2D eigenvalue weighted by atomic mass is 79.9. The molecule has 0 fully saturated rings. The fourth-order valence-corrected chi connectivity index (χ4v) is 4.41. The molecule has 8 bridgehead atoms. The highest BCUT2D eigenvalue weighted by Crippen LogP contribution is 2.32. The average molecular weight is 589 g/mol. The van der Waals surface area contributed by atoms with Gasteiger partial charge in [-0.15, -0.1) is 0 Å². The van der Waals surface area contributed by atoms with E-state index in [1.165, 1.54) is 16.7 Å². The zero-order valence-corrected chi connectivity index (χ0v) is 23.3. The highest BCUT2D eigenvalue weighted by molar-refractivity contribution is 5.46. The molecule has 4 heterocycles. The Morgan fingerprint density at radius 2 is 1.35 bits per heavy atom. The van der Waals surface area contributed by atoms with Crippen molar-refractivity contribution in [2.75, 3.05) is 7.11 Å². The lowest BCUT2D eigenvalue weighted by atomic mass is 9.84. The molecule has 0 N–H and O–H groups in total. The summed E-state index contributed by atoms with van der Waals surface area (Å²) in [6.07, 6.45) is 12.8. The topological polar surface area (TPSA) is 39.7 Å². The van der Waals surface area contributed by atoms with Crippen LogP contribution in [0.3, 0.4) is 0 Å². The zero-order valence-electron chi connectivity index (χ0n) is 20.1. The van der Waals surface area contributed by atoms with Gasteiger partial charge < -0.3 is 38.7 Å². The SMILES string of the molecule is COc1c2cc(C(C)(C)C)cc1C[n+]1ccn(c1)Cc1cccc(n1)Cn1cc[n+](c1)C2.[Br-].[Br-]. The van der Waals surface area contributed by atoms with E-state index in [2.05, 4.69) is 107 Å². The third-order valence-corrected chi connectivity index (χ3v) is 6.06. The van der Waals surface area contributed by atoms with Crippen LogP contribution in [0.2, 0.25) is 0 Å². The molecule has 5 rings (SSSR count). The van der Waals surface area contributed by atoms with Gasteiger partial charge in [-0.1, -0.05) is 26.8 Å². The van der Waals surface area contributed by atoms with Crippen molar-refractivity contribution < 1.29 is 47.8 Å². The molecule has 180 valence electrons. The predicted molar refractivity (Wildman–Crippen MR) is 122 cm³/mol. The second kappa shape index (κ2) is 10.4. The Bertz CT molecular complexity index is 1190. The van der Waals surface area contributed by atoms with Crippen LogP contribution in [-0.4, -0.2) is 21.2 Å². The first-order chi connectivity index (χ1) is 15.4. The predicted octanol–water partition coefficient (Wildman–Crippen LogP) is -2.92. The number of fused-ring (bicyclic) bond motifs is 8. The average Bonchev–Trinajstić information content (AvgIpc) is 3.36. The molecule has 0 spiro atoms. The maximum Gasteiger partial charge on any atom is 0.244 e. The summed E-state index contributed by atoms with van der Waals surface area (Å²) >= 11 is 0. The number of benzene rings is 1. The quantitative estimate of drug-likeness (QED) is 0.197. The summed E-state index contributed by atoms with van der Waals surface area (Å²) in [5, 5.41) is 0. The molecule has 0 aliphatic carbocycles. The molecule has 4 aromatic rings. The van der Waals surface area contributed by atoms with Crippen LogP contribution in [0.5, 0.6) is 5.75 Å². The molecule has 1 aliphatic rings. The molecule has 8 heteroatoms. The molecule has 0 saturated carbocycles. The van der Waals surface area contributed by atoms with E-state index < -0.39 is 0 Å². The van der Waals surface area contributed by atoms with E-state index in [0.717, 1.165) is 43.3 Å². The molecule has 0 atom stereocenters. The van der Waals surface area contributed by atoms with Crippen molar-refractivity contribution >= 4 is 0 Å². The maximum atomic E-state index is 5.97. The van der Waals surface area contributed by atoms with Crippen LogP contribution in [0.25, 0.3) is 0 Å². The molecule has 1 aliphatic heterocycles. The van der Waals surface area contributed by atoms with Crippen LogP contribution in [-0.2, 0) is 31.6 Å². The molecule has 1 aromatic carbocycles. The largest absolute Gasteiger partial charge is 1.00 e. The fourth-order valence-electron chi connectivity index (χ4n) is 4.41. The molecule has 0 saturated heterocycles. The number of halogens is 2. The van der Waals surface area contributed by atoms with Crippen molar-refractivity contribution in [1.82, 2.24) is 14.1 Å². The van der Waals surface area contributed by atoms with E-state index in [9.17, 15) is 0 Å². The Hall–Kier alpha value is -2.45. The van der Waals surface area contributed by atoms with E-state index >= 15 is 0 Å². The van der Waals surface area contributed by atoms with Crippen molar-refractivity contribution in [3.05, 3.63) is 95.9 Å². The van der Waals surface area contributed by atoms with Gasteiger partial charge in [-0.2, -0.15) is 0 Å². The van der Waals surface area contributed by atoms with Crippen molar-refractivity contribution in [1.29, 1.82) is 0 Å². The number of rotatable bonds is 1. The second-order valence-electron chi connectivity index (χ2n) is 9.71. The van der Waals surface area contributed by atoms with Crippen molar-refractivity contribution in [3.8, 4) is 5.75 Å². The molecule has 0 radical (unpaired) electrons. The molecule has 34 heavy (non-hydrogen) atoms. The smallest absolute Gasteiger partial charge is 0.244 e. The van der Waals surface area contributed by atoms with Crippen LogP contribution >= 0.6 is 0 Å². The number of hydrogen-bond donors (Lipinski definition) is 0. The van der Waals surface area contributed by atoms with Gasteiger partial charge >= 0.3 is 0 Å². The summed E-state index contributed by atoms with van der Waals surface area (Å²) in [7, 11) is 1.78. The highest BCUT2D eigenvalue weighted by Gasteiger charge is 2.22. The van der Waals surface area contributed by atoms with Gasteiger partial charge in [0.05, 0.1) is 18.5 Å². The standard InChI is InChI=1S/C26H31N5O.2BrH/c1-26(2,3)22-12-20-14-28-8-10-30(18-28)16-23-6-5-7-24(27-23)17-31-11-9-29(19-31)15-21(13-22)25(20)32-4;;/h5-13,18-19H,14-17H2,1-4H3;2*1H/q+2;;/p-2. The Morgan fingerprint density at radius 1 is 0.853 bits per heavy atom. The lowest BCUT2D eigenvalue weighted by molar-refractivity contribution is -0.688. The molecule has 6 nitrogen and oxygen atoms in total. The van der Waals surface area contributed by atoms with E-state index in [1.807, 2.05) is 0 Å². The van der Waals surface area contributed by atoms with E-state index in [-0.39, 0.29) is 39.4 Å². The first kappa shape index (κ1) is 26.2. The van der Waals surface area contributed by atoms with Gasteiger partial charge in [-0.05, 0) is 35.2 Å². The third kappa shape index (κ3) is 5.61. The van der Waals surface area contributed by atoms with Crippen molar-refractivity contribution in [2.45, 2.75) is 52.4 Å². The Balaban J connectivity index is 0.00000162. The summed E-state index contributed by atoms with van der Waals surface area (Å²) in [6, 6.07) is 10.9. The van der Waals surface area contributed by atoms with Crippen molar-refractivity contribution in [3.63, 3.8) is 0 Å². The first-order valence-electron chi connectivity index (χ1n) is 11.1. The summed E-state index contributed by atoms with van der Waals surface area (Å²) in [5.41, 5.74) is 5.90. The minimum atomic E-state index is 0. The summed E-state index contributed by atoms with van der Waals surface area (Å²) < 4.78 is 14.8. The molecule has 3 aromatic heterocycles. The summed E-state index contributed by atoms with van der Waals surface area (Å²) in [4.78, 5) is 4.88. The summed E-state index contributed by atoms with van der Waals surface area (Å²) in [5.74, 6) is 0.970. The van der Waals surface area contributed by atoms with Gasteiger partial charge in [-0.25, -0.2) is 23.3 Å². The zero-order chi connectivity index (χ0) is 22.3. The van der Waals surface area contributed by atoms with Crippen LogP contribution in [0, 0.1) is 0 Å². The number of nitrogens with zero attached hydrogens (tertiary/aromatic N) is 5. The van der Waals surface area contributed by atoms with E-state index in [1.54, 1.807) is 7.11 Å². The maximum absolute atomic E-state index is 5.97. The van der Waals surface area contributed by atoms with Gasteiger partial charge in [0.2, 0.25) is 12.7 Å². The van der Waals surface area contributed by atoms with Crippen LogP contribution < -0.4 is 47.8 Å². The number of aromatic nitrogens is 5.